The zero-order valence-corrected chi connectivity index (χ0v) is 14.0. The second kappa shape index (κ2) is 5.64. The van der Waals surface area contributed by atoms with E-state index in [0.29, 0.717) is 16.3 Å². The minimum absolute atomic E-state index is 0.0942. The molecule has 1 aliphatic heterocycles. The molecule has 1 unspecified atom stereocenters. The monoisotopic (exact) mass is 306 g/mol. The number of amidine groups is 1. The largest absolute Gasteiger partial charge is 0.264 e. The van der Waals surface area contributed by atoms with Crippen LogP contribution in [0.15, 0.2) is 28.8 Å². The summed E-state index contributed by atoms with van der Waals surface area (Å²) in [5, 5.41) is 0. The van der Waals surface area contributed by atoms with Crippen LogP contribution in [0.4, 0.5) is 0 Å². The topological polar surface area (TPSA) is 58.5 Å². The number of hydrogen-bond acceptors (Lipinski definition) is 3. The molecule has 1 atom stereocenters. The molecule has 0 spiro atoms. The molecule has 0 fully saturated rings. The van der Waals surface area contributed by atoms with Crippen LogP contribution in [0.3, 0.4) is 0 Å². The summed E-state index contributed by atoms with van der Waals surface area (Å²) in [6.45, 7) is 9.81. The maximum atomic E-state index is 12.4. The number of nitrogens with zero attached hydrogens (tertiary/aromatic N) is 1. The molecule has 2 rings (SSSR count). The van der Waals surface area contributed by atoms with Crippen molar-refractivity contribution in [1.82, 2.24) is 4.72 Å². The van der Waals surface area contributed by atoms with Crippen LogP contribution in [0, 0.1) is 13.8 Å². The summed E-state index contributed by atoms with van der Waals surface area (Å²) < 4.78 is 27.4. The number of nitrogens with one attached hydrogen (secondary N) is 1. The lowest BCUT2D eigenvalue weighted by Crippen LogP contribution is -2.24. The van der Waals surface area contributed by atoms with Gasteiger partial charge in [0.25, 0.3) is 10.0 Å². The molecule has 114 valence electrons. The molecule has 4 nitrogen and oxygen atoms in total. The van der Waals surface area contributed by atoms with Crippen molar-refractivity contribution >= 4 is 20.8 Å². The Labute approximate surface area is 127 Å². The van der Waals surface area contributed by atoms with Crippen molar-refractivity contribution in [2.75, 3.05) is 0 Å². The van der Waals surface area contributed by atoms with Gasteiger partial charge in [-0.05, 0) is 50.8 Å². The number of aliphatic imine (C=N–C) groups is 1. The fourth-order valence-corrected chi connectivity index (χ4v) is 3.75. The van der Waals surface area contributed by atoms with E-state index in [1.165, 1.54) is 0 Å². The average Bonchev–Trinajstić information content (AvgIpc) is 2.63. The zero-order chi connectivity index (χ0) is 15.8. The summed E-state index contributed by atoms with van der Waals surface area (Å²) in [6, 6.07) is 5.81. The van der Waals surface area contributed by atoms with Crippen molar-refractivity contribution in [2.45, 2.75) is 47.1 Å². The van der Waals surface area contributed by atoms with Crippen molar-refractivity contribution in [3.8, 4) is 0 Å². The summed E-state index contributed by atoms with van der Waals surface area (Å²) in [6.07, 6.45) is 0.873. The molecule has 21 heavy (non-hydrogen) atoms. The van der Waals surface area contributed by atoms with Gasteiger partial charge in [0.2, 0.25) is 0 Å². The van der Waals surface area contributed by atoms with E-state index < -0.39 is 10.0 Å². The number of aryl methyl sites for hydroxylation is 2. The summed E-state index contributed by atoms with van der Waals surface area (Å²) in [5.74, 6) is 0.470. The summed E-state index contributed by atoms with van der Waals surface area (Å²) in [7, 11) is -3.52. The highest BCUT2D eigenvalue weighted by Crippen LogP contribution is 2.31. The van der Waals surface area contributed by atoms with Gasteiger partial charge in [0.1, 0.15) is 10.7 Å². The van der Waals surface area contributed by atoms with E-state index in [1.54, 1.807) is 0 Å². The SMILES string of the molecule is CCC(C)N=C1NS(=O)(=O)C(c2ccc(C)c(C)c2)=C1C. The molecule has 1 aromatic carbocycles. The lowest BCUT2D eigenvalue weighted by atomic mass is 10.0. The van der Waals surface area contributed by atoms with E-state index >= 15 is 0 Å². The molecule has 1 heterocycles. The molecule has 1 aliphatic rings. The summed E-state index contributed by atoms with van der Waals surface area (Å²) in [4.78, 5) is 4.80. The predicted octanol–water partition coefficient (Wildman–Crippen LogP) is 3.16. The fourth-order valence-electron chi connectivity index (χ4n) is 2.25. The molecule has 0 saturated carbocycles. The number of hydrogen-bond donors (Lipinski definition) is 1. The normalized spacial score (nSPS) is 20.7. The standard InChI is InChI=1S/C16H22N2O2S/c1-6-12(4)17-16-13(5)15(21(19,20)18-16)14-8-7-10(2)11(3)9-14/h7-9,12H,6H2,1-5H3,(H,17,18). The van der Waals surface area contributed by atoms with Crippen molar-refractivity contribution in [2.24, 2.45) is 4.99 Å². The average molecular weight is 306 g/mol. The fraction of sp³-hybridized carbons (Fsp3) is 0.438. The highest BCUT2D eigenvalue weighted by Gasteiger charge is 2.32. The third-order valence-corrected chi connectivity index (χ3v) is 5.45. The van der Waals surface area contributed by atoms with Crippen LogP contribution in [0.2, 0.25) is 0 Å². The summed E-state index contributed by atoms with van der Waals surface area (Å²) in [5.41, 5.74) is 3.64. The molecule has 0 saturated heterocycles. The molecule has 1 aromatic rings. The van der Waals surface area contributed by atoms with Gasteiger partial charge in [-0.25, -0.2) is 8.42 Å². The van der Waals surface area contributed by atoms with Crippen molar-refractivity contribution < 1.29 is 8.42 Å². The third kappa shape index (κ3) is 3.02. The first-order valence-electron chi connectivity index (χ1n) is 7.15. The van der Waals surface area contributed by atoms with Gasteiger partial charge in [0.05, 0.1) is 0 Å². The molecule has 0 aromatic heterocycles. The second-order valence-corrected chi connectivity index (χ2v) is 7.21. The van der Waals surface area contributed by atoms with Gasteiger partial charge in [-0.15, -0.1) is 0 Å². The highest BCUT2D eigenvalue weighted by molar-refractivity contribution is 8.00. The van der Waals surface area contributed by atoms with E-state index in [4.69, 9.17) is 0 Å². The lowest BCUT2D eigenvalue weighted by molar-refractivity contribution is 0.603. The number of benzene rings is 1. The Bertz CT molecular complexity index is 731. The van der Waals surface area contributed by atoms with Gasteiger partial charge in [-0.1, -0.05) is 25.1 Å². The van der Waals surface area contributed by atoms with Crippen molar-refractivity contribution in [3.05, 3.63) is 40.5 Å². The molecule has 5 heteroatoms. The van der Waals surface area contributed by atoms with Gasteiger partial charge in [0, 0.05) is 11.6 Å². The lowest BCUT2D eigenvalue weighted by Gasteiger charge is -2.06. The third-order valence-electron chi connectivity index (χ3n) is 3.90. The van der Waals surface area contributed by atoms with Crippen LogP contribution in [-0.2, 0) is 10.0 Å². The first-order chi connectivity index (χ1) is 9.76. The van der Waals surface area contributed by atoms with Gasteiger partial charge < -0.3 is 0 Å². The maximum Gasteiger partial charge on any atom is 0.264 e. The van der Waals surface area contributed by atoms with E-state index in [9.17, 15) is 8.42 Å². The Morgan fingerprint density at radius 3 is 2.43 bits per heavy atom. The molecule has 0 aliphatic carbocycles. The highest BCUT2D eigenvalue weighted by atomic mass is 32.2. The smallest absolute Gasteiger partial charge is 0.264 e. The second-order valence-electron chi connectivity index (χ2n) is 5.59. The number of rotatable bonds is 3. The Morgan fingerprint density at radius 2 is 1.86 bits per heavy atom. The molecular weight excluding hydrogens is 284 g/mol. The Hall–Kier alpha value is -1.62. The van der Waals surface area contributed by atoms with Gasteiger partial charge in [0.15, 0.2) is 0 Å². The molecular formula is C16H22N2O2S. The van der Waals surface area contributed by atoms with E-state index in [1.807, 2.05) is 52.8 Å². The van der Waals surface area contributed by atoms with Gasteiger partial charge >= 0.3 is 0 Å². The van der Waals surface area contributed by atoms with Crippen molar-refractivity contribution in [3.63, 3.8) is 0 Å². The van der Waals surface area contributed by atoms with Gasteiger partial charge in [-0.3, -0.25) is 9.71 Å². The minimum Gasteiger partial charge on any atom is -0.264 e. The Morgan fingerprint density at radius 1 is 1.19 bits per heavy atom. The van der Waals surface area contributed by atoms with Crippen LogP contribution in [0.1, 0.15) is 43.9 Å². The number of sulfonamides is 1. The van der Waals surface area contributed by atoms with Crippen LogP contribution in [-0.4, -0.2) is 20.3 Å². The van der Waals surface area contributed by atoms with Crippen LogP contribution in [0.5, 0.6) is 0 Å². The van der Waals surface area contributed by atoms with E-state index in [-0.39, 0.29) is 6.04 Å². The van der Waals surface area contributed by atoms with Crippen molar-refractivity contribution in [1.29, 1.82) is 0 Å². The molecule has 0 radical (unpaired) electrons. The van der Waals surface area contributed by atoms with E-state index in [2.05, 4.69) is 9.71 Å². The minimum atomic E-state index is -3.52. The van der Waals surface area contributed by atoms with Crippen LogP contribution < -0.4 is 4.72 Å². The first-order valence-corrected chi connectivity index (χ1v) is 8.64. The Balaban J connectivity index is 2.58. The predicted molar refractivity (Wildman–Crippen MR) is 87.8 cm³/mol. The molecule has 0 amide bonds. The maximum absolute atomic E-state index is 12.4. The first kappa shape index (κ1) is 15.8. The molecule has 1 N–H and O–H groups in total. The quantitative estimate of drug-likeness (QED) is 0.932. The van der Waals surface area contributed by atoms with Crippen LogP contribution in [0.25, 0.3) is 4.91 Å². The van der Waals surface area contributed by atoms with E-state index in [0.717, 1.165) is 23.1 Å². The van der Waals surface area contributed by atoms with Crippen LogP contribution >= 0.6 is 0 Å². The Kier molecular flexibility index (Phi) is 4.23. The molecule has 0 bridgehead atoms. The summed E-state index contributed by atoms with van der Waals surface area (Å²) >= 11 is 0. The van der Waals surface area contributed by atoms with Gasteiger partial charge in [-0.2, -0.15) is 0 Å². The zero-order valence-electron chi connectivity index (χ0n) is 13.2.